The highest BCUT2D eigenvalue weighted by molar-refractivity contribution is 5.26. The second kappa shape index (κ2) is 6.18. The van der Waals surface area contributed by atoms with Crippen molar-refractivity contribution >= 4 is 0 Å². The van der Waals surface area contributed by atoms with E-state index in [0.29, 0.717) is 11.8 Å². The first-order valence-corrected chi connectivity index (χ1v) is 6.63. The Labute approximate surface area is 104 Å². The van der Waals surface area contributed by atoms with Gasteiger partial charge in [0.2, 0.25) is 0 Å². The minimum Gasteiger partial charge on any atom is -0.393 e. The van der Waals surface area contributed by atoms with E-state index in [1.165, 1.54) is 5.56 Å². The molecule has 1 aliphatic rings. The number of ether oxygens (including phenoxy) is 1. The SMILES string of the molecule is CCOCCCC(O)C1CC1c1ccccc1. The van der Waals surface area contributed by atoms with Gasteiger partial charge in [0.15, 0.2) is 0 Å². The molecule has 3 atom stereocenters. The maximum Gasteiger partial charge on any atom is 0.0575 e. The third-order valence-electron chi connectivity index (χ3n) is 3.55. The monoisotopic (exact) mass is 234 g/mol. The molecule has 0 aromatic heterocycles. The summed E-state index contributed by atoms with van der Waals surface area (Å²) in [5, 5.41) is 10.1. The lowest BCUT2D eigenvalue weighted by Crippen LogP contribution is -2.11. The van der Waals surface area contributed by atoms with Gasteiger partial charge in [0.25, 0.3) is 0 Å². The molecule has 0 aliphatic heterocycles. The van der Waals surface area contributed by atoms with Crippen LogP contribution >= 0.6 is 0 Å². The molecule has 1 aromatic rings. The fraction of sp³-hybridized carbons (Fsp3) is 0.600. The summed E-state index contributed by atoms with van der Waals surface area (Å²) in [7, 11) is 0. The van der Waals surface area contributed by atoms with E-state index in [0.717, 1.165) is 32.5 Å². The first-order valence-electron chi connectivity index (χ1n) is 6.63. The van der Waals surface area contributed by atoms with Gasteiger partial charge in [0.1, 0.15) is 0 Å². The zero-order valence-electron chi connectivity index (χ0n) is 10.5. The van der Waals surface area contributed by atoms with E-state index < -0.39 is 0 Å². The second-order valence-electron chi connectivity index (χ2n) is 4.82. The van der Waals surface area contributed by atoms with E-state index in [4.69, 9.17) is 4.74 Å². The van der Waals surface area contributed by atoms with Crippen LogP contribution in [-0.4, -0.2) is 24.4 Å². The average Bonchev–Trinajstić information content (AvgIpc) is 3.16. The van der Waals surface area contributed by atoms with Crippen LogP contribution in [0.3, 0.4) is 0 Å². The molecule has 1 saturated carbocycles. The normalized spacial score (nSPS) is 24.6. The molecule has 2 heteroatoms. The molecule has 17 heavy (non-hydrogen) atoms. The number of hydrogen-bond donors (Lipinski definition) is 1. The van der Waals surface area contributed by atoms with Crippen molar-refractivity contribution in [3.8, 4) is 0 Å². The van der Waals surface area contributed by atoms with Crippen LogP contribution in [0.25, 0.3) is 0 Å². The maximum absolute atomic E-state index is 10.1. The van der Waals surface area contributed by atoms with Crippen molar-refractivity contribution in [2.45, 2.75) is 38.2 Å². The Morgan fingerprint density at radius 3 is 2.82 bits per heavy atom. The average molecular weight is 234 g/mol. The lowest BCUT2D eigenvalue weighted by Gasteiger charge is -2.10. The summed E-state index contributed by atoms with van der Waals surface area (Å²) in [5.74, 6) is 1.05. The molecule has 3 unspecified atom stereocenters. The van der Waals surface area contributed by atoms with Gasteiger partial charge in [-0.05, 0) is 43.6 Å². The van der Waals surface area contributed by atoms with Gasteiger partial charge in [-0.25, -0.2) is 0 Å². The van der Waals surface area contributed by atoms with Gasteiger partial charge < -0.3 is 9.84 Å². The Bertz CT molecular complexity index is 323. The van der Waals surface area contributed by atoms with Crippen molar-refractivity contribution in [1.82, 2.24) is 0 Å². The van der Waals surface area contributed by atoms with E-state index in [-0.39, 0.29) is 6.10 Å². The highest BCUT2D eigenvalue weighted by Crippen LogP contribution is 2.50. The molecule has 0 radical (unpaired) electrons. The number of hydrogen-bond acceptors (Lipinski definition) is 2. The van der Waals surface area contributed by atoms with Gasteiger partial charge in [-0.15, -0.1) is 0 Å². The molecule has 2 rings (SSSR count). The van der Waals surface area contributed by atoms with Crippen molar-refractivity contribution < 1.29 is 9.84 Å². The van der Waals surface area contributed by atoms with Crippen LogP contribution in [0.1, 0.15) is 37.7 Å². The fourth-order valence-corrected chi connectivity index (χ4v) is 2.48. The zero-order valence-corrected chi connectivity index (χ0v) is 10.5. The summed E-state index contributed by atoms with van der Waals surface area (Å²) in [6.45, 7) is 3.55. The fourth-order valence-electron chi connectivity index (χ4n) is 2.48. The third kappa shape index (κ3) is 3.55. The van der Waals surface area contributed by atoms with Gasteiger partial charge in [0.05, 0.1) is 6.10 Å². The Morgan fingerprint density at radius 2 is 2.12 bits per heavy atom. The first-order chi connectivity index (χ1) is 8.33. The van der Waals surface area contributed by atoms with Gasteiger partial charge in [0, 0.05) is 13.2 Å². The number of aliphatic hydroxyl groups is 1. The van der Waals surface area contributed by atoms with Crippen LogP contribution in [0.4, 0.5) is 0 Å². The van der Waals surface area contributed by atoms with Crippen LogP contribution < -0.4 is 0 Å². The lowest BCUT2D eigenvalue weighted by atomic mass is 10.0. The lowest BCUT2D eigenvalue weighted by molar-refractivity contribution is 0.103. The van der Waals surface area contributed by atoms with Crippen LogP contribution in [0.2, 0.25) is 0 Å². The van der Waals surface area contributed by atoms with Crippen LogP contribution in [0, 0.1) is 5.92 Å². The van der Waals surface area contributed by atoms with E-state index in [1.54, 1.807) is 0 Å². The Hall–Kier alpha value is -0.860. The molecule has 0 bridgehead atoms. The minimum absolute atomic E-state index is 0.152. The predicted octanol–water partition coefficient (Wildman–Crippen LogP) is 2.97. The molecule has 94 valence electrons. The second-order valence-corrected chi connectivity index (χ2v) is 4.82. The molecule has 0 spiro atoms. The molecule has 1 aliphatic carbocycles. The maximum atomic E-state index is 10.1. The quantitative estimate of drug-likeness (QED) is 0.735. The third-order valence-corrected chi connectivity index (χ3v) is 3.55. The van der Waals surface area contributed by atoms with Gasteiger partial charge in [-0.1, -0.05) is 30.3 Å². The highest BCUT2D eigenvalue weighted by atomic mass is 16.5. The molecule has 2 nitrogen and oxygen atoms in total. The topological polar surface area (TPSA) is 29.5 Å². The predicted molar refractivity (Wildman–Crippen MR) is 69.0 cm³/mol. The van der Waals surface area contributed by atoms with Crippen molar-refractivity contribution in [3.05, 3.63) is 35.9 Å². The van der Waals surface area contributed by atoms with E-state index in [1.807, 2.05) is 13.0 Å². The Morgan fingerprint density at radius 1 is 1.35 bits per heavy atom. The smallest absolute Gasteiger partial charge is 0.0575 e. The molecule has 0 saturated heterocycles. The van der Waals surface area contributed by atoms with E-state index in [2.05, 4.69) is 24.3 Å². The van der Waals surface area contributed by atoms with Crippen molar-refractivity contribution in [1.29, 1.82) is 0 Å². The summed E-state index contributed by atoms with van der Waals surface area (Å²) in [4.78, 5) is 0. The highest BCUT2D eigenvalue weighted by Gasteiger charge is 2.42. The molecule has 1 fully saturated rings. The summed E-state index contributed by atoms with van der Waals surface area (Å²) in [6, 6.07) is 10.5. The van der Waals surface area contributed by atoms with Crippen LogP contribution in [-0.2, 0) is 4.74 Å². The summed E-state index contributed by atoms with van der Waals surface area (Å²) in [6.07, 6.45) is 2.82. The standard InChI is InChI=1S/C15H22O2/c1-2-17-10-6-9-15(16)14-11-13(14)12-7-4-3-5-8-12/h3-5,7-8,13-16H,2,6,9-11H2,1H3. The molecular formula is C15H22O2. The van der Waals surface area contributed by atoms with Gasteiger partial charge in [-0.3, -0.25) is 0 Å². The van der Waals surface area contributed by atoms with Crippen LogP contribution in [0.15, 0.2) is 30.3 Å². The van der Waals surface area contributed by atoms with Crippen molar-refractivity contribution in [2.24, 2.45) is 5.92 Å². The van der Waals surface area contributed by atoms with Crippen molar-refractivity contribution in [3.63, 3.8) is 0 Å². The molecular weight excluding hydrogens is 212 g/mol. The van der Waals surface area contributed by atoms with Crippen molar-refractivity contribution in [2.75, 3.05) is 13.2 Å². The zero-order chi connectivity index (χ0) is 12.1. The first kappa shape index (κ1) is 12.6. The molecule has 0 amide bonds. The van der Waals surface area contributed by atoms with E-state index >= 15 is 0 Å². The van der Waals surface area contributed by atoms with Crippen LogP contribution in [0.5, 0.6) is 0 Å². The molecule has 0 heterocycles. The van der Waals surface area contributed by atoms with E-state index in [9.17, 15) is 5.11 Å². The number of benzene rings is 1. The Balaban J connectivity index is 1.71. The summed E-state index contributed by atoms with van der Waals surface area (Å²) >= 11 is 0. The van der Waals surface area contributed by atoms with Gasteiger partial charge >= 0.3 is 0 Å². The number of aliphatic hydroxyl groups excluding tert-OH is 1. The minimum atomic E-state index is -0.152. The molecule has 1 N–H and O–H groups in total. The Kier molecular flexibility index (Phi) is 4.57. The number of rotatable bonds is 7. The van der Waals surface area contributed by atoms with Gasteiger partial charge in [-0.2, -0.15) is 0 Å². The summed E-state index contributed by atoms with van der Waals surface area (Å²) < 4.78 is 5.28. The molecule has 1 aromatic carbocycles. The summed E-state index contributed by atoms with van der Waals surface area (Å²) in [5.41, 5.74) is 1.38. The largest absolute Gasteiger partial charge is 0.393 e.